The number of rotatable bonds is 2. The Morgan fingerprint density at radius 3 is 2.48 bits per heavy atom. The molecule has 0 radical (unpaired) electrons. The lowest BCUT2D eigenvalue weighted by atomic mass is 10.2. The first kappa shape index (κ1) is 13.4. The van der Waals surface area contributed by atoms with Crippen LogP contribution in [0.15, 0.2) is 36.4 Å². The van der Waals surface area contributed by atoms with Gasteiger partial charge in [-0.15, -0.1) is 5.10 Å². The third kappa shape index (κ3) is 2.31. The number of hydrogen-bond acceptors (Lipinski definition) is 4. The second kappa shape index (κ2) is 5.10. The molecule has 2 aromatic carbocycles. The predicted octanol–water partition coefficient (Wildman–Crippen LogP) is 2.84. The Hall–Kier alpha value is -2.54. The topological polar surface area (TPSA) is 69.6 Å². The normalized spacial score (nSPS) is 10.8. The molecule has 0 spiro atoms. The van der Waals surface area contributed by atoms with Crippen molar-refractivity contribution in [3.05, 3.63) is 53.1 Å². The van der Waals surface area contributed by atoms with E-state index in [2.05, 4.69) is 15.5 Å². The minimum absolute atomic E-state index is 0.115. The summed E-state index contributed by atoms with van der Waals surface area (Å²) in [5.74, 6) is -1.45. The highest BCUT2D eigenvalue weighted by atomic mass is 35.5. The van der Waals surface area contributed by atoms with Gasteiger partial charge in [0.2, 0.25) is 0 Å². The molecule has 1 heterocycles. The van der Waals surface area contributed by atoms with Crippen molar-refractivity contribution in [2.75, 3.05) is 5.73 Å². The third-order valence-corrected chi connectivity index (χ3v) is 3.17. The van der Waals surface area contributed by atoms with E-state index in [0.717, 1.165) is 16.8 Å². The number of halogens is 3. The molecule has 0 saturated heterocycles. The first-order chi connectivity index (χ1) is 10.1. The van der Waals surface area contributed by atoms with Crippen LogP contribution >= 0.6 is 11.6 Å². The minimum atomic E-state index is -0.782. The lowest BCUT2D eigenvalue weighted by molar-refractivity contribution is 0.557. The Morgan fingerprint density at radius 2 is 1.81 bits per heavy atom. The smallest absolute Gasteiger partial charge is 0.188 e. The zero-order chi connectivity index (χ0) is 15.0. The van der Waals surface area contributed by atoms with Crippen molar-refractivity contribution in [2.45, 2.75) is 0 Å². The predicted molar refractivity (Wildman–Crippen MR) is 73.9 cm³/mol. The fourth-order valence-electron chi connectivity index (χ4n) is 1.91. The summed E-state index contributed by atoms with van der Waals surface area (Å²) >= 11 is 6.08. The van der Waals surface area contributed by atoms with Gasteiger partial charge in [0.15, 0.2) is 17.5 Å². The molecule has 0 aliphatic carbocycles. The van der Waals surface area contributed by atoms with Gasteiger partial charge >= 0.3 is 0 Å². The van der Waals surface area contributed by atoms with Gasteiger partial charge < -0.3 is 5.73 Å². The van der Waals surface area contributed by atoms with Gasteiger partial charge in [-0.05, 0) is 40.8 Å². The second-order valence-corrected chi connectivity index (χ2v) is 4.63. The third-order valence-electron chi connectivity index (χ3n) is 2.85. The maximum atomic E-state index is 13.9. The maximum Gasteiger partial charge on any atom is 0.188 e. The number of para-hydroxylation sites is 1. The van der Waals surface area contributed by atoms with Gasteiger partial charge in [-0.3, -0.25) is 0 Å². The molecule has 3 aromatic rings. The fourth-order valence-corrected chi connectivity index (χ4v) is 2.18. The van der Waals surface area contributed by atoms with Crippen LogP contribution in [0.5, 0.6) is 0 Å². The second-order valence-electron chi connectivity index (χ2n) is 4.22. The molecule has 0 unspecified atom stereocenters. The number of anilines is 1. The minimum Gasteiger partial charge on any atom is -0.399 e. The monoisotopic (exact) mass is 307 g/mol. The number of nitrogen functional groups attached to an aromatic ring is 1. The van der Waals surface area contributed by atoms with Gasteiger partial charge in [-0.25, -0.2) is 8.78 Å². The molecule has 2 N–H and O–H groups in total. The zero-order valence-electron chi connectivity index (χ0n) is 10.5. The molecular formula is C13H8ClF2N5. The van der Waals surface area contributed by atoms with Gasteiger partial charge in [-0.2, -0.15) is 4.68 Å². The molecule has 8 heteroatoms. The van der Waals surface area contributed by atoms with Crippen LogP contribution < -0.4 is 5.73 Å². The summed E-state index contributed by atoms with van der Waals surface area (Å²) in [6.07, 6.45) is 0. The number of benzene rings is 2. The molecule has 106 valence electrons. The van der Waals surface area contributed by atoms with Crippen molar-refractivity contribution < 1.29 is 8.78 Å². The Morgan fingerprint density at radius 1 is 1.10 bits per heavy atom. The van der Waals surface area contributed by atoms with E-state index >= 15 is 0 Å². The summed E-state index contributed by atoms with van der Waals surface area (Å²) in [5, 5.41) is 11.2. The van der Waals surface area contributed by atoms with Crippen LogP contribution in [0.4, 0.5) is 14.5 Å². The Bertz CT molecular complexity index is 798. The van der Waals surface area contributed by atoms with Crippen LogP contribution in [0, 0.1) is 11.6 Å². The Labute approximate surface area is 123 Å². The van der Waals surface area contributed by atoms with E-state index in [1.165, 1.54) is 12.1 Å². The van der Waals surface area contributed by atoms with Crippen LogP contribution in [0.1, 0.15) is 0 Å². The summed E-state index contributed by atoms with van der Waals surface area (Å²) in [7, 11) is 0. The summed E-state index contributed by atoms with van der Waals surface area (Å²) in [4.78, 5) is 0. The van der Waals surface area contributed by atoms with E-state index in [1.54, 1.807) is 12.1 Å². The largest absolute Gasteiger partial charge is 0.399 e. The lowest BCUT2D eigenvalue weighted by Crippen LogP contribution is -2.05. The van der Waals surface area contributed by atoms with E-state index in [1.807, 2.05) is 0 Å². The van der Waals surface area contributed by atoms with E-state index in [9.17, 15) is 8.78 Å². The highest BCUT2D eigenvalue weighted by Gasteiger charge is 2.19. The number of tetrazole rings is 1. The molecule has 3 rings (SSSR count). The van der Waals surface area contributed by atoms with Crippen LogP contribution in [0.2, 0.25) is 5.02 Å². The molecule has 5 nitrogen and oxygen atoms in total. The van der Waals surface area contributed by atoms with E-state index in [0.29, 0.717) is 11.3 Å². The van der Waals surface area contributed by atoms with Gasteiger partial charge in [0.25, 0.3) is 0 Å². The van der Waals surface area contributed by atoms with Crippen LogP contribution in [0.3, 0.4) is 0 Å². The number of nitrogens with zero attached hydrogens (tertiary/aromatic N) is 4. The molecule has 1 aromatic heterocycles. The highest BCUT2D eigenvalue weighted by molar-refractivity contribution is 6.33. The van der Waals surface area contributed by atoms with Crippen molar-refractivity contribution in [2.24, 2.45) is 0 Å². The van der Waals surface area contributed by atoms with Crippen molar-refractivity contribution >= 4 is 17.3 Å². The van der Waals surface area contributed by atoms with E-state index < -0.39 is 11.6 Å². The fraction of sp³-hybridized carbons (Fsp3) is 0. The van der Waals surface area contributed by atoms with Crippen LogP contribution in [-0.4, -0.2) is 20.2 Å². The molecule has 0 fully saturated rings. The van der Waals surface area contributed by atoms with Crippen LogP contribution in [-0.2, 0) is 0 Å². The van der Waals surface area contributed by atoms with Crippen molar-refractivity contribution in [1.82, 2.24) is 20.2 Å². The standard InChI is InChI=1S/C13H8ClF2N5/c14-9-6-7(17)4-5-8(9)13-18-19-20-21(13)12-10(15)2-1-3-11(12)16/h1-6H,17H2. The maximum absolute atomic E-state index is 13.9. The summed E-state index contributed by atoms with van der Waals surface area (Å²) in [5.41, 5.74) is 6.12. The summed E-state index contributed by atoms with van der Waals surface area (Å²) in [6.45, 7) is 0. The van der Waals surface area contributed by atoms with Gasteiger partial charge in [0.05, 0.1) is 5.02 Å². The molecular weight excluding hydrogens is 300 g/mol. The van der Waals surface area contributed by atoms with E-state index in [-0.39, 0.29) is 16.5 Å². The molecule has 0 aliphatic heterocycles. The molecule has 21 heavy (non-hydrogen) atoms. The van der Waals surface area contributed by atoms with E-state index in [4.69, 9.17) is 17.3 Å². The molecule has 0 atom stereocenters. The molecule has 0 aliphatic rings. The number of nitrogens with two attached hydrogens (primary N) is 1. The SMILES string of the molecule is Nc1ccc(-c2nnnn2-c2c(F)cccc2F)c(Cl)c1. The average molecular weight is 308 g/mol. The molecule has 0 bridgehead atoms. The first-order valence-corrected chi connectivity index (χ1v) is 6.24. The quantitative estimate of drug-likeness (QED) is 0.739. The zero-order valence-corrected chi connectivity index (χ0v) is 11.2. The Balaban J connectivity index is 2.22. The van der Waals surface area contributed by atoms with Crippen molar-refractivity contribution in [3.63, 3.8) is 0 Å². The van der Waals surface area contributed by atoms with Crippen molar-refractivity contribution in [1.29, 1.82) is 0 Å². The van der Waals surface area contributed by atoms with Crippen LogP contribution in [0.25, 0.3) is 17.1 Å². The first-order valence-electron chi connectivity index (χ1n) is 5.86. The lowest BCUT2D eigenvalue weighted by Gasteiger charge is -2.08. The molecule has 0 saturated carbocycles. The summed E-state index contributed by atoms with van der Waals surface area (Å²) < 4.78 is 28.7. The van der Waals surface area contributed by atoms with Crippen molar-refractivity contribution in [3.8, 4) is 17.1 Å². The van der Waals surface area contributed by atoms with Gasteiger partial charge in [0.1, 0.15) is 5.69 Å². The summed E-state index contributed by atoms with van der Waals surface area (Å²) in [6, 6.07) is 8.18. The highest BCUT2D eigenvalue weighted by Crippen LogP contribution is 2.30. The van der Waals surface area contributed by atoms with Gasteiger partial charge in [-0.1, -0.05) is 17.7 Å². The number of aromatic nitrogens is 4. The Kier molecular flexibility index (Phi) is 3.26. The van der Waals surface area contributed by atoms with Gasteiger partial charge in [0, 0.05) is 11.3 Å². The average Bonchev–Trinajstić information content (AvgIpc) is 2.87. The number of hydrogen-bond donors (Lipinski definition) is 1. The molecule has 0 amide bonds.